The van der Waals surface area contributed by atoms with E-state index in [9.17, 15) is 9.18 Å². The van der Waals surface area contributed by atoms with Gasteiger partial charge in [-0.1, -0.05) is 12.1 Å². The summed E-state index contributed by atoms with van der Waals surface area (Å²) in [5, 5.41) is 3.24. The number of amidine groups is 1. The van der Waals surface area contributed by atoms with E-state index in [2.05, 4.69) is 40.9 Å². The van der Waals surface area contributed by atoms with Gasteiger partial charge in [0.25, 0.3) is 5.91 Å². The topological polar surface area (TPSA) is 46.4 Å². The molecule has 1 amide bonds. The number of aryl methyl sites for hydroxylation is 1. The van der Waals surface area contributed by atoms with Gasteiger partial charge in [0.15, 0.2) is 5.17 Å². The molecule has 4 rings (SSSR count). The van der Waals surface area contributed by atoms with Crippen LogP contribution in [0.5, 0.6) is 0 Å². The Balaban J connectivity index is 1.64. The minimum Gasteiger partial charge on any atom is -0.317 e. The summed E-state index contributed by atoms with van der Waals surface area (Å²) in [6, 6.07) is 15.9. The van der Waals surface area contributed by atoms with E-state index < -0.39 is 0 Å². The van der Waals surface area contributed by atoms with Crippen LogP contribution in [0.4, 0.5) is 10.1 Å². The van der Waals surface area contributed by atoms with Gasteiger partial charge in [0.1, 0.15) is 5.82 Å². The van der Waals surface area contributed by atoms with E-state index in [1.807, 2.05) is 30.5 Å². The quantitative estimate of drug-likeness (QED) is 0.630. The van der Waals surface area contributed by atoms with Gasteiger partial charge in [0.05, 0.1) is 10.6 Å². The summed E-state index contributed by atoms with van der Waals surface area (Å²) in [4.78, 5) is 17.3. The summed E-state index contributed by atoms with van der Waals surface area (Å²) in [5.41, 5.74) is 4.99. The van der Waals surface area contributed by atoms with Crippen LogP contribution in [-0.2, 0) is 4.79 Å². The molecule has 1 aliphatic rings. The first-order valence-corrected chi connectivity index (χ1v) is 9.62. The smallest absolute Gasteiger partial charge is 0.264 e. The minimum atomic E-state index is -0.320. The largest absolute Gasteiger partial charge is 0.317 e. The van der Waals surface area contributed by atoms with Crippen molar-refractivity contribution in [3.63, 3.8) is 0 Å². The molecule has 0 spiro atoms. The second-order valence-electron chi connectivity index (χ2n) is 6.48. The van der Waals surface area contributed by atoms with Crippen LogP contribution < -0.4 is 5.32 Å². The maximum Gasteiger partial charge on any atom is 0.264 e. The maximum absolute atomic E-state index is 13.0. The number of benzene rings is 2. The van der Waals surface area contributed by atoms with Gasteiger partial charge < -0.3 is 9.88 Å². The summed E-state index contributed by atoms with van der Waals surface area (Å²) in [7, 11) is 0. The summed E-state index contributed by atoms with van der Waals surface area (Å²) in [5.74, 6) is -0.514. The van der Waals surface area contributed by atoms with Crippen molar-refractivity contribution in [1.29, 1.82) is 0 Å². The third kappa shape index (κ3) is 3.64. The molecule has 0 aliphatic carbocycles. The number of aliphatic imine (C=N–C) groups is 1. The van der Waals surface area contributed by atoms with Gasteiger partial charge in [0.2, 0.25) is 0 Å². The first-order valence-electron chi connectivity index (χ1n) is 8.80. The van der Waals surface area contributed by atoms with Crippen molar-refractivity contribution in [2.75, 3.05) is 0 Å². The van der Waals surface area contributed by atoms with Crippen molar-refractivity contribution in [1.82, 2.24) is 9.88 Å². The predicted molar refractivity (Wildman–Crippen MR) is 112 cm³/mol. The molecule has 2 aromatic carbocycles. The zero-order valence-corrected chi connectivity index (χ0v) is 16.3. The molecule has 0 atom stereocenters. The highest BCUT2D eigenvalue weighted by Gasteiger charge is 2.24. The van der Waals surface area contributed by atoms with Gasteiger partial charge in [0, 0.05) is 17.6 Å². The van der Waals surface area contributed by atoms with E-state index in [1.165, 1.54) is 35.0 Å². The Bertz CT molecular complexity index is 1110. The zero-order valence-electron chi connectivity index (χ0n) is 15.4. The third-order valence-corrected chi connectivity index (χ3v) is 5.51. The van der Waals surface area contributed by atoms with Crippen molar-refractivity contribution in [3.8, 4) is 5.69 Å². The lowest BCUT2D eigenvalue weighted by Gasteiger charge is -2.12. The molecular weight excluding hydrogens is 373 g/mol. The van der Waals surface area contributed by atoms with Crippen molar-refractivity contribution < 1.29 is 9.18 Å². The number of halogens is 1. The fraction of sp³-hybridized carbons (Fsp3) is 0.0909. The first-order chi connectivity index (χ1) is 13.5. The summed E-state index contributed by atoms with van der Waals surface area (Å²) in [6.45, 7) is 4.17. The molecule has 6 heteroatoms. The average molecular weight is 391 g/mol. The number of amides is 1. The number of hydrogen-bond acceptors (Lipinski definition) is 3. The van der Waals surface area contributed by atoms with Crippen LogP contribution in [0.1, 0.15) is 16.8 Å². The molecule has 1 aliphatic heterocycles. The first kappa shape index (κ1) is 18.3. The third-order valence-electron chi connectivity index (χ3n) is 4.60. The number of hydrogen-bond donors (Lipinski definition) is 1. The molecule has 28 heavy (non-hydrogen) atoms. The van der Waals surface area contributed by atoms with Crippen LogP contribution in [0.2, 0.25) is 0 Å². The van der Waals surface area contributed by atoms with Crippen LogP contribution in [0, 0.1) is 19.7 Å². The lowest BCUT2D eigenvalue weighted by molar-refractivity contribution is -0.115. The van der Waals surface area contributed by atoms with E-state index >= 15 is 0 Å². The van der Waals surface area contributed by atoms with E-state index in [4.69, 9.17) is 0 Å². The molecule has 1 N–H and O–H groups in total. The number of rotatable bonds is 3. The fourth-order valence-electron chi connectivity index (χ4n) is 2.98. The van der Waals surface area contributed by atoms with E-state index in [0.717, 1.165) is 11.4 Å². The molecule has 1 saturated heterocycles. The van der Waals surface area contributed by atoms with E-state index in [-0.39, 0.29) is 11.7 Å². The molecule has 0 unspecified atom stereocenters. The van der Waals surface area contributed by atoms with Crippen LogP contribution >= 0.6 is 11.8 Å². The molecular formula is C22H18FN3OS. The Morgan fingerprint density at radius 1 is 1.07 bits per heavy atom. The SMILES string of the molecule is Cc1cccc(-n2cccc2/C=C2/SC(=Nc3ccc(F)cc3)NC2=O)c1C. The number of carbonyl (C=O) groups is 1. The molecule has 4 nitrogen and oxygen atoms in total. The van der Waals surface area contributed by atoms with Crippen LogP contribution in [-0.4, -0.2) is 15.6 Å². The monoisotopic (exact) mass is 391 g/mol. The second kappa shape index (κ2) is 7.48. The van der Waals surface area contributed by atoms with E-state index in [1.54, 1.807) is 12.1 Å². The van der Waals surface area contributed by atoms with Gasteiger partial charge in [-0.15, -0.1) is 0 Å². The van der Waals surface area contributed by atoms with Crippen LogP contribution in [0.25, 0.3) is 11.8 Å². The molecule has 0 bridgehead atoms. The standard InChI is InChI=1S/C22H18FN3OS/c1-14-5-3-7-19(15(14)2)26-12-4-6-18(26)13-20-21(27)25-22(28-20)24-17-10-8-16(23)9-11-17/h3-13H,1-2H3,(H,24,25,27)/b20-13+. The highest BCUT2D eigenvalue weighted by molar-refractivity contribution is 8.18. The van der Waals surface area contributed by atoms with Gasteiger partial charge in [-0.2, -0.15) is 0 Å². The molecule has 1 aromatic heterocycles. The van der Waals surface area contributed by atoms with Gasteiger partial charge in [-0.05, 0) is 85.3 Å². The normalized spacial score (nSPS) is 16.8. The number of thioether (sulfide) groups is 1. The number of aromatic nitrogens is 1. The lowest BCUT2D eigenvalue weighted by atomic mass is 10.1. The average Bonchev–Trinajstić information content (AvgIpc) is 3.26. The second-order valence-corrected chi connectivity index (χ2v) is 7.51. The molecule has 2 heterocycles. The number of carbonyl (C=O) groups excluding carboxylic acids is 1. The predicted octanol–water partition coefficient (Wildman–Crippen LogP) is 5.12. The Morgan fingerprint density at radius 3 is 2.64 bits per heavy atom. The summed E-state index contributed by atoms with van der Waals surface area (Å²) >= 11 is 1.27. The highest BCUT2D eigenvalue weighted by atomic mass is 32.2. The van der Waals surface area contributed by atoms with Crippen molar-refractivity contribution >= 4 is 34.6 Å². The Morgan fingerprint density at radius 2 is 1.86 bits per heavy atom. The van der Waals surface area contributed by atoms with Crippen LogP contribution in [0.15, 0.2) is 70.7 Å². The van der Waals surface area contributed by atoms with Crippen molar-refractivity contribution in [2.45, 2.75) is 13.8 Å². The van der Waals surface area contributed by atoms with Gasteiger partial charge >= 0.3 is 0 Å². The molecule has 0 saturated carbocycles. The minimum absolute atomic E-state index is 0.195. The van der Waals surface area contributed by atoms with Gasteiger partial charge in [-0.3, -0.25) is 4.79 Å². The van der Waals surface area contributed by atoms with Gasteiger partial charge in [-0.25, -0.2) is 9.38 Å². The Hall–Kier alpha value is -3.12. The van der Waals surface area contributed by atoms with Crippen molar-refractivity contribution in [2.24, 2.45) is 4.99 Å². The summed E-state index contributed by atoms with van der Waals surface area (Å²) < 4.78 is 15.1. The van der Waals surface area contributed by atoms with Crippen LogP contribution in [0.3, 0.4) is 0 Å². The number of nitrogens with one attached hydrogen (secondary N) is 1. The highest BCUT2D eigenvalue weighted by Crippen LogP contribution is 2.29. The number of nitrogens with zero attached hydrogens (tertiary/aromatic N) is 2. The molecule has 140 valence electrons. The van der Waals surface area contributed by atoms with E-state index in [0.29, 0.717) is 15.8 Å². The van der Waals surface area contributed by atoms with Crippen molar-refractivity contribution in [3.05, 3.63) is 88.3 Å². The molecule has 3 aromatic rings. The lowest BCUT2D eigenvalue weighted by Crippen LogP contribution is -2.19. The molecule has 1 fully saturated rings. The molecule has 0 radical (unpaired) electrons. The Kier molecular flexibility index (Phi) is 4.88. The zero-order chi connectivity index (χ0) is 19.7. The maximum atomic E-state index is 13.0. The Labute approximate surface area is 166 Å². The summed E-state index contributed by atoms with van der Waals surface area (Å²) in [6.07, 6.45) is 3.84. The fourth-order valence-corrected chi connectivity index (χ4v) is 3.80.